The summed E-state index contributed by atoms with van der Waals surface area (Å²) in [6.07, 6.45) is 4.12. The Bertz CT molecular complexity index is 440. The Morgan fingerprint density at radius 3 is 2.52 bits per heavy atom. The van der Waals surface area contributed by atoms with Crippen molar-refractivity contribution in [1.29, 1.82) is 0 Å². The topological polar surface area (TPSA) is 15.3 Å². The maximum atomic E-state index is 3.83. The van der Waals surface area contributed by atoms with Crippen LogP contribution in [0.2, 0.25) is 0 Å². The maximum Gasteiger partial charge on any atom is 0.0476 e. The second-order valence-electron chi connectivity index (χ2n) is 7.10. The Morgan fingerprint density at radius 2 is 1.90 bits per heavy atom. The number of benzene rings is 1. The number of piperazine rings is 1. The molecule has 4 unspecified atom stereocenters. The monoisotopic (exact) mass is 286 g/mol. The van der Waals surface area contributed by atoms with Gasteiger partial charge in [0.1, 0.15) is 0 Å². The molecule has 1 N–H and O–H groups in total. The van der Waals surface area contributed by atoms with Crippen LogP contribution in [-0.2, 0) is 0 Å². The molecule has 3 rings (SSSR count). The largest absolute Gasteiger partial charge is 0.311 e. The standard InChI is InChI=1S/C19H30N2/c1-4-14(2)15(3)21-13-18(16-10-11-16)20-12-19(21)17-8-6-5-7-9-17/h5-9,14-16,18-20H,4,10-13H2,1-3H3. The highest BCUT2D eigenvalue weighted by Gasteiger charge is 2.39. The molecule has 1 aliphatic heterocycles. The lowest BCUT2D eigenvalue weighted by atomic mass is 9.92. The second kappa shape index (κ2) is 6.50. The molecule has 2 nitrogen and oxygen atoms in total. The van der Waals surface area contributed by atoms with Crippen molar-refractivity contribution in [2.24, 2.45) is 11.8 Å². The van der Waals surface area contributed by atoms with Gasteiger partial charge >= 0.3 is 0 Å². The minimum Gasteiger partial charge on any atom is -0.311 e. The summed E-state index contributed by atoms with van der Waals surface area (Å²) in [5, 5.41) is 3.83. The first-order valence-electron chi connectivity index (χ1n) is 8.74. The zero-order valence-corrected chi connectivity index (χ0v) is 13.8. The number of nitrogens with zero attached hydrogens (tertiary/aromatic N) is 1. The van der Waals surface area contributed by atoms with Gasteiger partial charge in [-0.05, 0) is 37.2 Å². The fourth-order valence-corrected chi connectivity index (χ4v) is 3.72. The van der Waals surface area contributed by atoms with E-state index < -0.39 is 0 Å². The molecule has 1 aromatic carbocycles. The van der Waals surface area contributed by atoms with E-state index in [9.17, 15) is 0 Å². The summed E-state index contributed by atoms with van der Waals surface area (Å²) in [4.78, 5) is 2.78. The zero-order valence-electron chi connectivity index (χ0n) is 13.8. The minimum atomic E-state index is 0.533. The van der Waals surface area contributed by atoms with Crippen molar-refractivity contribution >= 4 is 0 Å². The molecule has 1 aromatic rings. The summed E-state index contributed by atoms with van der Waals surface area (Å²) >= 11 is 0. The van der Waals surface area contributed by atoms with Gasteiger partial charge in [0.25, 0.3) is 0 Å². The predicted octanol–water partition coefficient (Wildman–Crippen LogP) is 3.85. The molecular formula is C19H30N2. The summed E-state index contributed by atoms with van der Waals surface area (Å²) in [5.41, 5.74) is 1.47. The van der Waals surface area contributed by atoms with Gasteiger partial charge in [-0.1, -0.05) is 50.6 Å². The van der Waals surface area contributed by atoms with Crippen LogP contribution < -0.4 is 5.32 Å². The second-order valence-corrected chi connectivity index (χ2v) is 7.10. The molecule has 1 aliphatic carbocycles. The molecule has 1 saturated heterocycles. The van der Waals surface area contributed by atoms with Crippen LogP contribution >= 0.6 is 0 Å². The van der Waals surface area contributed by atoms with Crippen LogP contribution in [0.4, 0.5) is 0 Å². The molecule has 116 valence electrons. The lowest BCUT2D eigenvalue weighted by molar-refractivity contribution is 0.0570. The first-order chi connectivity index (χ1) is 10.2. The first-order valence-corrected chi connectivity index (χ1v) is 8.74. The number of hydrogen-bond acceptors (Lipinski definition) is 2. The summed E-state index contributed by atoms with van der Waals surface area (Å²) < 4.78 is 0. The first kappa shape index (κ1) is 15.1. The van der Waals surface area contributed by atoms with E-state index in [0.717, 1.165) is 24.4 Å². The molecule has 0 spiro atoms. The van der Waals surface area contributed by atoms with Crippen molar-refractivity contribution in [2.75, 3.05) is 13.1 Å². The lowest BCUT2D eigenvalue weighted by Gasteiger charge is -2.46. The van der Waals surface area contributed by atoms with Crippen LogP contribution in [-0.4, -0.2) is 30.1 Å². The highest BCUT2D eigenvalue weighted by molar-refractivity contribution is 5.21. The Balaban J connectivity index is 1.79. The Kier molecular flexibility index (Phi) is 4.66. The minimum absolute atomic E-state index is 0.533. The molecule has 4 atom stereocenters. The van der Waals surface area contributed by atoms with E-state index >= 15 is 0 Å². The van der Waals surface area contributed by atoms with Gasteiger partial charge in [-0.25, -0.2) is 0 Å². The smallest absolute Gasteiger partial charge is 0.0476 e. The van der Waals surface area contributed by atoms with Crippen molar-refractivity contribution in [3.63, 3.8) is 0 Å². The van der Waals surface area contributed by atoms with E-state index in [1.54, 1.807) is 0 Å². The molecule has 0 aromatic heterocycles. The van der Waals surface area contributed by atoms with Gasteiger partial charge in [-0.2, -0.15) is 0 Å². The number of nitrogens with one attached hydrogen (secondary N) is 1. The van der Waals surface area contributed by atoms with Crippen molar-refractivity contribution < 1.29 is 0 Å². The molecule has 2 fully saturated rings. The summed E-state index contributed by atoms with van der Waals surface area (Å²) in [7, 11) is 0. The van der Waals surface area contributed by atoms with Crippen LogP contribution in [0.3, 0.4) is 0 Å². The molecule has 2 heteroatoms. The number of hydrogen-bond donors (Lipinski definition) is 1. The molecule has 1 heterocycles. The highest BCUT2D eigenvalue weighted by atomic mass is 15.3. The van der Waals surface area contributed by atoms with Crippen molar-refractivity contribution in [3.8, 4) is 0 Å². The molecule has 21 heavy (non-hydrogen) atoms. The summed E-state index contributed by atoms with van der Waals surface area (Å²) in [5.74, 6) is 1.70. The Morgan fingerprint density at radius 1 is 1.19 bits per heavy atom. The van der Waals surface area contributed by atoms with E-state index in [1.165, 1.54) is 31.4 Å². The van der Waals surface area contributed by atoms with E-state index in [1.807, 2.05) is 0 Å². The molecule has 0 bridgehead atoms. The molecule has 0 radical (unpaired) electrons. The zero-order chi connectivity index (χ0) is 14.8. The predicted molar refractivity (Wildman–Crippen MR) is 89.3 cm³/mol. The highest BCUT2D eigenvalue weighted by Crippen LogP contribution is 2.37. The van der Waals surface area contributed by atoms with Gasteiger partial charge in [0.15, 0.2) is 0 Å². The van der Waals surface area contributed by atoms with Gasteiger partial charge in [0.2, 0.25) is 0 Å². The van der Waals surface area contributed by atoms with Gasteiger partial charge < -0.3 is 5.32 Å². The third-order valence-electron chi connectivity index (χ3n) is 5.75. The van der Waals surface area contributed by atoms with Gasteiger partial charge in [0.05, 0.1) is 0 Å². The van der Waals surface area contributed by atoms with E-state index in [2.05, 4.69) is 61.3 Å². The average molecular weight is 286 g/mol. The quantitative estimate of drug-likeness (QED) is 0.884. The number of rotatable bonds is 5. The molecule has 2 aliphatic rings. The SMILES string of the molecule is CCC(C)C(C)N1CC(C2CC2)NCC1c1ccccc1. The Hall–Kier alpha value is -0.860. The third kappa shape index (κ3) is 3.32. The lowest BCUT2D eigenvalue weighted by Crippen LogP contribution is -2.56. The molecule has 1 saturated carbocycles. The third-order valence-corrected chi connectivity index (χ3v) is 5.75. The van der Waals surface area contributed by atoms with Crippen LogP contribution in [0.25, 0.3) is 0 Å². The fourth-order valence-electron chi connectivity index (χ4n) is 3.72. The Labute approximate surface area is 129 Å². The molecular weight excluding hydrogens is 256 g/mol. The van der Waals surface area contributed by atoms with Crippen LogP contribution in [0.1, 0.15) is 51.6 Å². The van der Waals surface area contributed by atoms with Crippen molar-refractivity contribution in [2.45, 2.75) is 58.2 Å². The van der Waals surface area contributed by atoms with Gasteiger partial charge in [-0.3, -0.25) is 4.90 Å². The average Bonchev–Trinajstić information content (AvgIpc) is 3.38. The van der Waals surface area contributed by atoms with E-state index in [-0.39, 0.29) is 0 Å². The fraction of sp³-hybridized carbons (Fsp3) is 0.684. The van der Waals surface area contributed by atoms with Crippen molar-refractivity contribution in [1.82, 2.24) is 10.2 Å². The van der Waals surface area contributed by atoms with Gasteiger partial charge in [0, 0.05) is 31.2 Å². The van der Waals surface area contributed by atoms with Gasteiger partial charge in [-0.15, -0.1) is 0 Å². The normalized spacial score (nSPS) is 30.0. The summed E-state index contributed by atoms with van der Waals surface area (Å²) in [6, 6.07) is 13.0. The van der Waals surface area contributed by atoms with E-state index in [0.29, 0.717) is 12.1 Å². The molecule has 0 amide bonds. The summed E-state index contributed by atoms with van der Waals surface area (Å²) in [6.45, 7) is 9.47. The van der Waals surface area contributed by atoms with E-state index in [4.69, 9.17) is 0 Å². The van der Waals surface area contributed by atoms with Crippen LogP contribution in [0, 0.1) is 11.8 Å². The maximum absolute atomic E-state index is 3.83. The van der Waals surface area contributed by atoms with Crippen LogP contribution in [0.15, 0.2) is 30.3 Å². The van der Waals surface area contributed by atoms with Crippen molar-refractivity contribution in [3.05, 3.63) is 35.9 Å². The van der Waals surface area contributed by atoms with Crippen LogP contribution in [0.5, 0.6) is 0 Å².